The van der Waals surface area contributed by atoms with E-state index in [2.05, 4.69) is 5.32 Å². The summed E-state index contributed by atoms with van der Waals surface area (Å²) < 4.78 is 10.2. The third-order valence-electron chi connectivity index (χ3n) is 4.98. The zero-order valence-electron chi connectivity index (χ0n) is 15.8. The van der Waals surface area contributed by atoms with Crippen LogP contribution < -0.4 is 10.1 Å². The fraction of sp³-hybridized carbons (Fsp3) is 0.619. The number of hydrogen-bond donors (Lipinski definition) is 1. The molecule has 1 aliphatic rings. The number of ether oxygens (including phenoxy) is 2. The highest BCUT2D eigenvalue weighted by atomic mass is 16.5. The average molecular weight is 361 g/mol. The van der Waals surface area contributed by atoms with Crippen LogP contribution in [-0.4, -0.2) is 32.1 Å². The molecule has 1 fully saturated rings. The van der Waals surface area contributed by atoms with Gasteiger partial charge in [-0.3, -0.25) is 9.59 Å². The molecule has 0 bridgehead atoms. The maximum absolute atomic E-state index is 11.8. The van der Waals surface area contributed by atoms with E-state index in [1.165, 1.54) is 32.1 Å². The van der Waals surface area contributed by atoms with Crippen molar-refractivity contribution in [2.75, 3.05) is 20.3 Å². The number of hydrogen-bond acceptors (Lipinski definition) is 4. The van der Waals surface area contributed by atoms with E-state index in [1.807, 2.05) is 24.3 Å². The van der Waals surface area contributed by atoms with Crippen molar-refractivity contribution in [3.05, 3.63) is 29.8 Å². The van der Waals surface area contributed by atoms with Gasteiger partial charge < -0.3 is 14.8 Å². The average Bonchev–Trinajstić information content (AvgIpc) is 2.68. The van der Waals surface area contributed by atoms with E-state index < -0.39 is 0 Å². The fourth-order valence-corrected chi connectivity index (χ4v) is 3.42. The van der Waals surface area contributed by atoms with Crippen molar-refractivity contribution in [1.29, 1.82) is 0 Å². The first-order valence-electron chi connectivity index (χ1n) is 9.72. The summed E-state index contributed by atoms with van der Waals surface area (Å²) in [6.07, 6.45) is 9.70. The van der Waals surface area contributed by atoms with Crippen molar-refractivity contribution in [3.63, 3.8) is 0 Å². The molecule has 2 rings (SSSR count). The molecular weight excluding hydrogens is 330 g/mol. The minimum absolute atomic E-state index is 0.190. The molecule has 1 aromatic carbocycles. The molecule has 0 spiro atoms. The molecular formula is C21H31NO4. The summed E-state index contributed by atoms with van der Waals surface area (Å²) in [5.41, 5.74) is 1.12. The quantitative estimate of drug-likeness (QED) is 0.646. The highest BCUT2D eigenvalue weighted by molar-refractivity contribution is 5.80. The Balaban J connectivity index is 1.51. The Morgan fingerprint density at radius 1 is 1.12 bits per heavy atom. The summed E-state index contributed by atoms with van der Waals surface area (Å²) in [5.74, 6) is 1.07. The summed E-state index contributed by atoms with van der Waals surface area (Å²) in [6.45, 7) is 0.329. The van der Waals surface area contributed by atoms with Crippen LogP contribution in [0.5, 0.6) is 5.75 Å². The van der Waals surface area contributed by atoms with E-state index in [1.54, 1.807) is 7.11 Å². The van der Waals surface area contributed by atoms with E-state index in [9.17, 15) is 9.59 Å². The molecule has 0 aliphatic heterocycles. The summed E-state index contributed by atoms with van der Waals surface area (Å²) in [6, 6.07) is 7.73. The van der Waals surface area contributed by atoms with Gasteiger partial charge in [-0.15, -0.1) is 0 Å². The van der Waals surface area contributed by atoms with Crippen LogP contribution in [0.15, 0.2) is 24.3 Å². The lowest BCUT2D eigenvalue weighted by Gasteiger charge is -2.20. The molecule has 5 nitrogen and oxygen atoms in total. The second-order valence-electron chi connectivity index (χ2n) is 7.00. The molecule has 0 atom stereocenters. The van der Waals surface area contributed by atoms with Crippen LogP contribution in [0.3, 0.4) is 0 Å². The SMILES string of the molecule is COc1ccc(CCNC(=O)COC(=O)CCCC2CCCCC2)cc1. The van der Waals surface area contributed by atoms with Gasteiger partial charge in [-0.2, -0.15) is 0 Å². The maximum atomic E-state index is 11.8. The molecule has 1 N–H and O–H groups in total. The number of esters is 1. The fourth-order valence-electron chi connectivity index (χ4n) is 3.42. The van der Waals surface area contributed by atoms with Crippen molar-refractivity contribution < 1.29 is 19.1 Å². The van der Waals surface area contributed by atoms with Crippen LogP contribution in [0, 0.1) is 5.92 Å². The van der Waals surface area contributed by atoms with Crippen LogP contribution in [-0.2, 0) is 20.7 Å². The van der Waals surface area contributed by atoms with Gasteiger partial charge in [0.2, 0.25) is 0 Å². The molecule has 0 saturated heterocycles. The van der Waals surface area contributed by atoms with Crippen LogP contribution in [0.1, 0.15) is 56.9 Å². The molecule has 1 saturated carbocycles. The van der Waals surface area contributed by atoms with Crippen molar-refractivity contribution in [1.82, 2.24) is 5.32 Å². The Kier molecular flexibility index (Phi) is 9.01. The Labute approximate surface area is 156 Å². The normalized spacial score (nSPS) is 14.7. The van der Waals surface area contributed by atoms with Gasteiger partial charge in [-0.05, 0) is 42.9 Å². The van der Waals surface area contributed by atoms with Crippen LogP contribution >= 0.6 is 0 Å². The second kappa shape index (κ2) is 11.6. The van der Waals surface area contributed by atoms with Crippen molar-refractivity contribution in [2.24, 2.45) is 5.92 Å². The standard InChI is InChI=1S/C21H31NO4/c1-25-19-12-10-18(11-13-19)14-15-22-20(23)16-26-21(24)9-5-8-17-6-3-2-4-7-17/h10-13,17H,2-9,14-16H2,1H3,(H,22,23). The number of amides is 1. The lowest BCUT2D eigenvalue weighted by atomic mass is 9.86. The summed E-state index contributed by atoms with van der Waals surface area (Å²) >= 11 is 0. The summed E-state index contributed by atoms with van der Waals surface area (Å²) in [7, 11) is 1.63. The van der Waals surface area contributed by atoms with E-state index in [-0.39, 0.29) is 18.5 Å². The first-order chi connectivity index (χ1) is 12.7. The molecule has 26 heavy (non-hydrogen) atoms. The molecule has 0 heterocycles. The van der Waals surface area contributed by atoms with Gasteiger partial charge in [0.25, 0.3) is 5.91 Å². The number of carbonyl (C=O) groups is 2. The lowest BCUT2D eigenvalue weighted by Crippen LogP contribution is -2.30. The van der Waals surface area contributed by atoms with Gasteiger partial charge in [-0.1, -0.05) is 44.2 Å². The monoisotopic (exact) mass is 361 g/mol. The van der Waals surface area contributed by atoms with Gasteiger partial charge in [0.05, 0.1) is 7.11 Å². The van der Waals surface area contributed by atoms with Gasteiger partial charge in [0, 0.05) is 13.0 Å². The predicted octanol–water partition coefficient (Wildman–Crippen LogP) is 3.65. The lowest BCUT2D eigenvalue weighted by molar-refractivity contribution is -0.148. The summed E-state index contributed by atoms with van der Waals surface area (Å²) in [4.78, 5) is 23.5. The number of carbonyl (C=O) groups excluding carboxylic acids is 2. The first-order valence-corrected chi connectivity index (χ1v) is 9.72. The minimum Gasteiger partial charge on any atom is -0.497 e. The van der Waals surface area contributed by atoms with Gasteiger partial charge in [-0.25, -0.2) is 0 Å². The Morgan fingerprint density at radius 3 is 2.54 bits per heavy atom. The largest absolute Gasteiger partial charge is 0.497 e. The van der Waals surface area contributed by atoms with E-state index in [4.69, 9.17) is 9.47 Å². The number of rotatable bonds is 10. The Bertz CT molecular complexity index is 550. The first kappa shape index (κ1) is 20.3. The van der Waals surface area contributed by atoms with Crippen LogP contribution in [0.4, 0.5) is 0 Å². The second-order valence-corrected chi connectivity index (χ2v) is 7.00. The van der Waals surface area contributed by atoms with Crippen molar-refractivity contribution >= 4 is 11.9 Å². The minimum atomic E-state index is -0.272. The van der Waals surface area contributed by atoms with E-state index >= 15 is 0 Å². The highest BCUT2D eigenvalue weighted by Gasteiger charge is 2.14. The zero-order chi connectivity index (χ0) is 18.6. The third kappa shape index (κ3) is 7.89. The molecule has 1 aromatic rings. The highest BCUT2D eigenvalue weighted by Crippen LogP contribution is 2.27. The molecule has 0 radical (unpaired) electrons. The topological polar surface area (TPSA) is 64.6 Å². The molecule has 0 unspecified atom stereocenters. The molecule has 5 heteroatoms. The maximum Gasteiger partial charge on any atom is 0.306 e. The molecule has 1 aliphatic carbocycles. The predicted molar refractivity (Wildman–Crippen MR) is 101 cm³/mol. The Hall–Kier alpha value is -2.04. The number of methoxy groups -OCH3 is 1. The molecule has 0 aromatic heterocycles. The Morgan fingerprint density at radius 2 is 1.85 bits per heavy atom. The van der Waals surface area contributed by atoms with Gasteiger partial charge >= 0.3 is 5.97 Å². The van der Waals surface area contributed by atoms with Crippen molar-refractivity contribution in [3.8, 4) is 5.75 Å². The van der Waals surface area contributed by atoms with E-state index in [0.29, 0.717) is 13.0 Å². The van der Waals surface area contributed by atoms with E-state index in [0.717, 1.165) is 36.5 Å². The number of benzene rings is 1. The van der Waals surface area contributed by atoms with Crippen molar-refractivity contribution in [2.45, 2.75) is 57.8 Å². The van der Waals surface area contributed by atoms with Crippen LogP contribution in [0.25, 0.3) is 0 Å². The summed E-state index contributed by atoms with van der Waals surface area (Å²) in [5, 5.41) is 2.78. The van der Waals surface area contributed by atoms with Gasteiger partial charge in [0.15, 0.2) is 6.61 Å². The number of nitrogens with one attached hydrogen (secondary N) is 1. The molecule has 144 valence electrons. The smallest absolute Gasteiger partial charge is 0.306 e. The third-order valence-corrected chi connectivity index (χ3v) is 4.98. The van der Waals surface area contributed by atoms with Gasteiger partial charge in [0.1, 0.15) is 5.75 Å². The zero-order valence-corrected chi connectivity index (χ0v) is 15.8. The molecule has 1 amide bonds. The van der Waals surface area contributed by atoms with Crippen LogP contribution in [0.2, 0.25) is 0 Å².